The maximum absolute atomic E-state index is 12.5. The van der Waals surface area contributed by atoms with Gasteiger partial charge in [-0.1, -0.05) is 37.3 Å². The molecule has 0 aliphatic carbocycles. The zero-order chi connectivity index (χ0) is 17.3. The Morgan fingerprint density at radius 1 is 1.12 bits per heavy atom. The van der Waals surface area contributed by atoms with Crippen molar-refractivity contribution in [2.24, 2.45) is 5.73 Å². The Labute approximate surface area is 140 Å². The molecule has 5 nitrogen and oxygen atoms in total. The van der Waals surface area contributed by atoms with E-state index in [1.807, 2.05) is 24.3 Å². The van der Waals surface area contributed by atoms with E-state index in [1.54, 1.807) is 36.1 Å². The predicted octanol–water partition coefficient (Wildman–Crippen LogP) is 2.40. The van der Waals surface area contributed by atoms with Gasteiger partial charge in [-0.05, 0) is 29.3 Å². The molecule has 122 valence electrons. The fourth-order valence-corrected chi connectivity index (χ4v) is 3.02. The number of rotatable bonds is 5. The van der Waals surface area contributed by atoms with Gasteiger partial charge in [0.05, 0.1) is 6.54 Å². The summed E-state index contributed by atoms with van der Waals surface area (Å²) < 4.78 is 0. The van der Waals surface area contributed by atoms with Gasteiger partial charge in [0.25, 0.3) is 5.91 Å². The summed E-state index contributed by atoms with van der Waals surface area (Å²) >= 11 is 0. The van der Waals surface area contributed by atoms with Crippen LogP contribution in [0.4, 0.5) is 5.69 Å². The van der Waals surface area contributed by atoms with Gasteiger partial charge in [-0.3, -0.25) is 14.4 Å². The van der Waals surface area contributed by atoms with Crippen LogP contribution in [0.3, 0.4) is 0 Å². The Bertz CT molecular complexity index is 812. The van der Waals surface area contributed by atoms with Gasteiger partial charge < -0.3 is 10.6 Å². The SMILES string of the molecule is CCC(=O)[C@@H](C(N)=O)c1ccc(N2Cc3ccccc3C2=O)cc1. The van der Waals surface area contributed by atoms with Gasteiger partial charge >= 0.3 is 0 Å². The van der Waals surface area contributed by atoms with Gasteiger partial charge in [-0.15, -0.1) is 0 Å². The molecule has 1 aliphatic rings. The first-order valence-corrected chi connectivity index (χ1v) is 7.84. The number of nitrogens with two attached hydrogens (primary N) is 1. The monoisotopic (exact) mass is 322 g/mol. The number of hydrogen-bond donors (Lipinski definition) is 1. The molecule has 0 saturated carbocycles. The highest BCUT2D eigenvalue weighted by molar-refractivity contribution is 6.10. The van der Waals surface area contributed by atoms with Crippen molar-refractivity contribution in [3.05, 3.63) is 65.2 Å². The summed E-state index contributed by atoms with van der Waals surface area (Å²) in [6.07, 6.45) is 0.245. The van der Waals surface area contributed by atoms with Crippen molar-refractivity contribution >= 4 is 23.3 Å². The lowest BCUT2D eigenvalue weighted by Gasteiger charge is -2.17. The maximum Gasteiger partial charge on any atom is 0.258 e. The molecule has 0 fully saturated rings. The number of Topliss-reactive ketones (excluding diaryl/α,β-unsaturated/α-hetero) is 1. The molecule has 0 aromatic heterocycles. The van der Waals surface area contributed by atoms with Crippen LogP contribution in [-0.2, 0) is 16.1 Å². The van der Waals surface area contributed by atoms with Gasteiger partial charge in [0.15, 0.2) is 0 Å². The van der Waals surface area contributed by atoms with Gasteiger partial charge in [-0.2, -0.15) is 0 Å². The van der Waals surface area contributed by atoms with Crippen molar-refractivity contribution in [3.8, 4) is 0 Å². The molecule has 24 heavy (non-hydrogen) atoms. The van der Waals surface area contributed by atoms with Crippen LogP contribution >= 0.6 is 0 Å². The number of carbonyl (C=O) groups excluding carboxylic acids is 3. The molecular weight excluding hydrogens is 304 g/mol. The fraction of sp³-hybridized carbons (Fsp3) is 0.211. The molecule has 5 heteroatoms. The molecule has 2 aromatic rings. The Balaban J connectivity index is 1.87. The second-order valence-electron chi connectivity index (χ2n) is 5.80. The van der Waals surface area contributed by atoms with Gasteiger partial charge in [0.2, 0.25) is 5.91 Å². The molecule has 0 saturated heterocycles. The third-order valence-corrected chi connectivity index (χ3v) is 4.31. The molecule has 0 spiro atoms. The number of fused-ring (bicyclic) bond motifs is 1. The van der Waals surface area contributed by atoms with Crippen molar-refractivity contribution in [1.29, 1.82) is 0 Å². The van der Waals surface area contributed by atoms with Crippen LogP contribution in [-0.4, -0.2) is 17.6 Å². The predicted molar refractivity (Wildman–Crippen MR) is 90.6 cm³/mol. The van der Waals surface area contributed by atoms with Crippen molar-refractivity contribution in [2.45, 2.75) is 25.8 Å². The minimum Gasteiger partial charge on any atom is -0.369 e. The molecule has 1 aliphatic heterocycles. The van der Waals surface area contributed by atoms with Crippen LogP contribution < -0.4 is 10.6 Å². The Hall–Kier alpha value is -2.95. The second-order valence-corrected chi connectivity index (χ2v) is 5.80. The summed E-state index contributed by atoms with van der Waals surface area (Å²) in [6.45, 7) is 2.22. The summed E-state index contributed by atoms with van der Waals surface area (Å²) in [4.78, 5) is 37.7. The second kappa shape index (κ2) is 6.28. The summed E-state index contributed by atoms with van der Waals surface area (Å²) in [6, 6.07) is 14.4. The first-order chi connectivity index (χ1) is 11.5. The minimum absolute atomic E-state index is 0.0468. The minimum atomic E-state index is -0.935. The molecule has 0 bridgehead atoms. The highest BCUT2D eigenvalue weighted by Crippen LogP contribution is 2.29. The zero-order valence-electron chi connectivity index (χ0n) is 13.4. The number of anilines is 1. The summed E-state index contributed by atoms with van der Waals surface area (Å²) in [7, 11) is 0. The fourth-order valence-electron chi connectivity index (χ4n) is 3.02. The quantitative estimate of drug-likeness (QED) is 0.858. The zero-order valence-corrected chi connectivity index (χ0v) is 13.4. The van der Waals surface area contributed by atoms with Crippen LogP contribution in [0.2, 0.25) is 0 Å². The summed E-state index contributed by atoms with van der Waals surface area (Å²) in [5.41, 5.74) is 8.34. The lowest BCUT2D eigenvalue weighted by molar-refractivity contribution is -0.128. The van der Waals surface area contributed by atoms with E-state index < -0.39 is 11.8 Å². The van der Waals surface area contributed by atoms with E-state index in [1.165, 1.54) is 0 Å². The number of benzene rings is 2. The third kappa shape index (κ3) is 2.69. The molecule has 0 radical (unpaired) electrons. The topological polar surface area (TPSA) is 80.5 Å². The normalized spacial score (nSPS) is 14.4. The number of hydrogen-bond acceptors (Lipinski definition) is 3. The number of ketones is 1. The first kappa shape index (κ1) is 15.9. The smallest absolute Gasteiger partial charge is 0.258 e. The number of nitrogens with zero attached hydrogens (tertiary/aromatic N) is 1. The van der Waals surface area contributed by atoms with E-state index >= 15 is 0 Å². The Morgan fingerprint density at radius 2 is 1.79 bits per heavy atom. The van der Waals surface area contributed by atoms with E-state index in [2.05, 4.69) is 0 Å². The van der Waals surface area contributed by atoms with E-state index in [0.717, 1.165) is 11.3 Å². The molecule has 2 aromatic carbocycles. The highest BCUT2D eigenvalue weighted by Gasteiger charge is 2.29. The van der Waals surface area contributed by atoms with E-state index in [-0.39, 0.29) is 18.1 Å². The van der Waals surface area contributed by atoms with Crippen LogP contribution in [0.15, 0.2) is 48.5 Å². The van der Waals surface area contributed by atoms with Gasteiger partial charge in [0, 0.05) is 17.7 Å². The van der Waals surface area contributed by atoms with Crippen LogP contribution in [0, 0.1) is 0 Å². The van der Waals surface area contributed by atoms with Crippen molar-refractivity contribution in [3.63, 3.8) is 0 Å². The average molecular weight is 322 g/mol. The standard InChI is InChI=1S/C19H18N2O3/c1-2-16(22)17(18(20)23)12-7-9-14(10-8-12)21-11-13-5-3-4-6-15(13)19(21)24/h3-10,17H,2,11H2,1H3,(H2,20,23)/t17-/m0/s1. The van der Waals surface area contributed by atoms with Crippen molar-refractivity contribution in [1.82, 2.24) is 0 Å². The molecule has 3 rings (SSSR count). The lowest BCUT2D eigenvalue weighted by Crippen LogP contribution is -2.28. The molecule has 1 heterocycles. The molecular formula is C19H18N2O3. The lowest BCUT2D eigenvalue weighted by atomic mass is 9.92. The van der Waals surface area contributed by atoms with E-state index in [0.29, 0.717) is 17.7 Å². The maximum atomic E-state index is 12.5. The van der Waals surface area contributed by atoms with Gasteiger partial charge in [-0.25, -0.2) is 0 Å². The largest absolute Gasteiger partial charge is 0.369 e. The van der Waals surface area contributed by atoms with Crippen LogP contribution in [0.5, 0.6) is 0 Å². The van der Waals surface area contributed by atoms with E-state index in [4.69, 9.17) is 5.73 Å². The Kier molecular flexibility index (Phi) is 4.16. The van der Waals surface area contributed by atoms with Crippen molar-refractivity contribution < 1.29 is 14.4 Å². The highest BCUT2D eigenvalue weighted by atomic mass is 16.2. The summed E-state index contributed by atoms with van der Waals surface area (Å²) in [5, 5.41) is 0. The number of primary amides is 1. The molecule has 1 atom stereocenters. The van der Waals surface area contributed by atoms with Crippen LogP contribution in [0.1, 0.15) is 40.7 Å². The molecule has 2 N–H and O–H groups in total. The van der Waals surface area contributed by atoms with Crippen LogP contribution in [0.25, 0.3) is 0 Å². The van der Waals surface area contributed by atoms with E-state index in [9.17, 15) is 14.4 Å². The third-order valence-electron chi connectivity index (χ3n) is 4.31. The van der Waals surface area contributed by atoms with Crippen molar-refractivity contribution in [2.75, 3.05) is 4.90 Å². The molecule has 2 amide bonds. The summed E-state index contributed by atoms with van der Waals surface area (Å²) in [5.74, 6) is -1.84. The number of amides is 2. The van der Waals surface area contributed by atoms with Gasteiger partial charge in [0.1, 0.15) is 11.7 Å². The number of carbonyl (C=O) groups is 3. The Morgan fingerprint density at radius 3 is 2.38 bits per heavy atom. The first-order valence-electron chi connectivity index (χ1n) is 7.84. The average Bonchev–Trinajstić information content (AvgIpc) is 2.92. The molecule has 0 unspecified atom stereocenters.